The highest BCUT2D eigenvalue weighted by Crippen LogP contribution is 2.26. The van der Waals surface area contributed by atoms with E-state index in [0.29, 0.717) is 25.7 Å². The van der Waals surface area contributed by atoms with Gasteiger partial charge in [0.05, 0.1) is 13.0 Å². The van der Waals surface area contributed by atoms with Gasteiger partial charge in [0.15, 0.2) is 24.6 Å². The largest absolute Gasteiger partial charge is 0.479 e. The molecule has 1 aliphatic heterocycles. The molecule has 0 saturated carbocycles. The fourth-order valence-corrected chi connectivity index (χ4v) is 7.62. The predicted octanol–water partition coefficient (Wildman–Crippen LogP) is 14.8. The van der Waals surface area contributed by atoms with Gasteiger partial charge in [0.1, 0.15) is 18.8 Å². The fourth-order valence-electron chi connectivity index (χ4n) is 7.62. The first-order valence-corrected chi connectivity index (χ1v) is 28.8. The van der Waals surface area contributed by atoms with Crippen LogP contribution in [0.1, 0.15) is 188 Å². The lowest BCUT2D eigenvalue weighted by Crippen LogP contribution is -2.61. The van der Waals surface area contributed by atoms with E-state index in [1.165, 1.54) is 0 Å². The van der Waals surface area contributed by atoms with Crippen LogP contribution in [0, 0.1) is 0 Å². The zero-order chi connectivity index (χ0) is 56.1. The topological polar surface area (TPSA) is 175 Å². The molecule has 0 amide bonds. The van der Waals surface area contributed by atoms with E-state index in [0.717, 1.165) is 122 Å². The molecule has 1 saturated heterocycles. The van der Waals surface area contributed by atoms with Crippen molar-refractivity contribution in [2.75, 3.05) is 13.2 Å². The summed E-state index contributed by atoms with van der Waals surface area (Å²) in [5, 5.41) is 31.4. The molecule has 0 aromatic heterocycles. The molecule has 12 heteroatoms. The van der Waals surface area contributed by atoms with Gasteiger partial charge in [-0.05, 0) is 116 Å². The second-order valence-corrected chi connectivity index (χ2v) is 18.8. The van der Waals surface area contributed by atoms with Gasteiger partial charge in [0, 0.05) is 12.8 Å². The molecule has 0 radical (unpaired) electrons. The number of carbonyl (C=O) groups is 4. The van der Waals surface area contributed by atoms with E-state index in [1.807, 2.05) is 24.3 Å². The Morgan fingerprint density at radius 1 is 0.442 bits per heavy atom. The highest BCUT2D eigenvalue weighted by atomic mass is 16.7. The third-order valence-electron chi connectivity index (χ3n) is 11.9. The Kier molecular flexibility index (Phi) is 46.4. The van der Waals surface area contributed by atoms with Gasteiger partial charge in [-0.15, -0.1) is 0 Å². The van der Waals surface area contributed by atoms with Crippen LogP contribution in [0.5, 0.6) is 0 Å². The molecule has 0 aliphatic carbocycles. The van der Waals surface area contributed by atoms with Crippen molar-refractivity contribution >= 4 is 23.9 Å². The van der Waals surface area contributed by atoms with Crippen LogP contribution in [-0.4, -0.2) is 89.2 Å². The minimum absolute atomic E-state index is 0.0118. The number of carboxylic acids is 1. The molecule has 3 N–H and O–H groups in total. The first-order valence-electron chi connectivity index (χ1n) is 28.8. The molecule has 1 rings (SSSR count). The van der Waals surface area contributed by atoms with Gasteiger partial charge >= 0.3 is 23.9 Å². The standard InChI is InChI=1S/C65H98O12/c1-4-7-10-13-16-19-22-25-28-29-32-33-36-39-42-45-48-51-57(66)73-54-56(75-58(67)52-49-46-43-40-37-34-30-26-23-20-17-14-11-8-5-2)55-74-65-63(61(70)60(69)62(77-65)64(71)72)76-59(68)53-50-47-44-41-38-35-31-27-24-21-18-15-12-9-6-3/h7-12,16-21,25-28,30-31,37-38,40-41,46,49,56,60-63,65,69-70H,4-6,13-15,22-24,29,32-36,39,42-45,47-48,50-55H2,1-3H3,(H,71,72)/b10-7-,11-8-,12-9-,19-16-,20-17-,21-18-,28-25-,30-26-,31-27-,40-37-,41-38-,49-46-. The van der Waals surface area contributed by atoms with E-state index in [9.17, 15) is 34.5 Å². The normalized spacial score (nSPS) is 19.1. The number of aliphatic hydroxyl groups excluding tert-OH is 2. The van der Waals surface area contributed by atoms with Gasteiger partial charge in [0.25, 0.3) is 0 Å². The molecule has 77 heavy (non-hydrogen) atoms. The van der Waals surface area contributed by atoms with Crippen molar-refractivity contribution in [3.63, 3.8) is 0 Å². The van der Waals surface area contributed by atoms with Crippen molar-refractivity contribution in [2.24, 2.45) is 0 Å². The summed E-state index contributed by atoms with van der Waals surface area (Å²) >= 11 is 0. The molecule has 12 nitrogen and oxygen atoms in total. The van der Waals surface area contributed by atoms with Crippen LogP contribution in [0.4, 0.5) is 0 Å². The fraction of sp³-hybridized carbons (Fsp3) is 0.569. The molecule has 430 valence electrons. The number of rotatable bonds is 46. The minimum atomic E-state index is -1.94. The molecule has 1 aliphatic rings. The number of hydrogen-bond donors (Lipinski definition) is 3. The van der Waals surface area contributed by atoms with E-state index in [4.69, 9.17) is 23.7 Å². The van der Waals surface area contributed by atoms with Crippen LogP contribution < -0.4 is 0 Å². The predicted molar refractivity (Wildman–Crippen MR) is 312 cm³/mol. The summed E-state index contributed by atoms with van der Waals surface area (Å²) in [6.45, 7) is 5.52. The molecule has 1 heterocycles. The second-order valence-electron chi connectivity index (χ2n) is 18.8. The van der Waals surface area contributed by atoms with Gasteiger partial charge in [0.2, 0.25) is 0 Å². The van der Waals surface area contributed by atoms with Gasteiger partial charge in [-0.2, -0.15) is 0 Å². The van der Waals surface area contributed by atoms with Crippen LogP contribution in [0.3, 0.4) is 0 Å². The molecule has 0 bridgehead atoms. The lowest BCUT2D eigenvalue weighted by atomic mass is 9.98. The Hall–Kier alpha value is -5.40. The molecular formula is C65H98O12. The van der Waals surface area contributed by atoms with Crippen molar-refractivity contribution in [3.8, 4) is 0 Å². The number of aliphatic hydroxyl groups is 2. The molecule has 0 aromatic carbocycles. The highest BCUT2D eigenvalue weighted by Gasteiger charge is 2.50. The Balaban J connectivity index is 2.79. The number of carbonyl (C=O) groups excluding carboxylic acids is 3. The second kappa shape index (κ2) is 51.4. The summed E-state index contributed by atoms with van der Waals surface area (Å²) in [6.07, 6.45) is 61.3. The minimum Gasteiger partial charge on any atom is -0.479 e. The molecule has 1 fully saturated rings. The summed E-state index contributed by atoms with van der Waals surface area (Å²) in [6, 6.07) is 0. The van der Waals surface area contributed by atoms with E-state index in [2.05, 4.69) is 136 Å². The number of hydrogen-bond acceptors (Lipinski definition) is 11. The van der Waals surface area contributed by atoms with Crippen molar-refractivity contribution in [2.45, 2.75) is 225 Å². The SMILES string of the molecule is CC/C=C\C/C=C\C/C=C\C/C=C\C/C=C\CC(=O)OC(COC(=O)CCCCCCCCC/C=C\C/C=C\C/C=C\CC)COC1OC(C(=O)O)C(O)C(O)C1OC(=O)CCCC/C=C\C/C=C\C/C=C\C/C=C\CC. The summed E-state index contributed by atoms with van der Waals surface area (Å²) in [5.74, 6) is -3.38. The van der Waals surface area contributed by atoms with Crippen LogP contribution in [0.15, 0.2) is 146 Å². The summed E-state index contributed by atoms with van der Waals surface area (Å²) in [4.78, 5) is 51.0. The number of carboxylic acid groups (broad SMARTS) is 1. The number of allylic oxidation sites excluding steroid dienone is 23. The van der Waals surface area contributed by atoms with Gasteiger partial charge in [-0.3, -0.25) is 14.4 Å². The van der Waals surface area contributed by atoms with E-state index < -0.39 is 67.3 Å². The van der Waals surface area contributed by atoms with Crippen molar-refractivity contribution in [3.05, 3.63) is 146 Å². The number of aliphatic carboxylic acids is 1. The molecule has 6 unspecified atom stereocenters. The summed E-state index contributed by atoms with van der Waals surface area (Å²) in [7, 11) is 0. The molecule has 0 spiro atoms. The van der Waals surface area contributed by atoms with Crippen LogP contribution >= 0.6 is 0 Å². The van der Waals surface area contributed by atoms with Crippen LogP contribution in [0.2, 0.25) is 0 Å². The Morgan fingerprint density at radius 3 is 1.27 bits per heavy atom. The van der Waals surface area contributed by atoms with E-state index in [1.54, 1.807) is 6.08 Å². The van der Waals surface area contributed by atoms with Crippen LogP contribution in [0.25, 0.3) is 0 Å². The highest BCUT2D eigenvalue weighted by molar-refractivity contribution is 5.74. The molecule has 0 aromatic rings. The van der Waals surface area contributed by atoms with Gasteiger partial charge in [-0.1, -0.05) is 199 Å². The Bertz CT molecular complexity index is 1890. The number of esters is 3. The quantitative estimate of drug-likeness (QED) is 0.0228. The van der Waals surface area contributed by atoms with Crippen molar-refractivity contribution in [1.29, 1.82) is 0 Å². The Labute approximate surface area is 463 Å². The first-order chi connectivity index (χ1) is 37.6. The lowest BCUT2D eigenvalue weighted by Gasteiger charge is -2.40. The summed E-state index contributed by atoms with van der Waals surface area (Å²) < 4.78 is 28.2. The maximum Gasteiger partial charge on any atom is 0.335 e. The number of unbranched alkanes of at least 4 members (excludes halogenated alkanes) is 9. The van der Waals surface area contributed by atoms with E-state index in [-0.39, 0.29) is 25.9 Å². The average Bonchev–Trinajstić information content (AvgIpc) is 3.43. The summed E-state index contributed by atoms with van der Waals surface area (Å²) in [5.41, 5.74) is 0. The first kappa shape index (κ1) is 69.6. The average molecular weight is 1070 g/mol. The molecule has 6 atom stereocenters. The monoisotopic (exact) mass is 1070 g/mol. The van der Waals surface area contributed by atoms with Crippen LogP contribution in [-0.2, 0) is 42.9 Å². The Morgan fingerprint density at radius 2 is 0.818 bits per heavy atom. The third kappa shape index (κ3) is 41.4. The lowest BCUT2D eigenvalue weighted by molar-refractivity contribution is -0.301. The van der Waals surface area contributed by atoms with E-state index >= 15 is 0 Å². The maximum atomic E-state index is 13.1. The molecular weight excluding hydrogens is 973 g/mol. The third-order valence-corrected chi connectivity index (χ3v) is 11.9. The number of ether oxygens (including phenoxy) is 5. The van der Waals surface area contributed by atoms with Gasteiger partial charge < -0.3 is 39.0 Å². The zero-order valence-corrected chi connectivity index (χ0v) is 47.1. The van der Waals surface area contributed by atoms with Crippen molar-refractivity contribution < 1.29 is 58.2 Å². The maximum absolute atomic E-state index is 13.1. The van der Waals surface area contributed by atoms with Gasteiger partial charge in [-0.25, -0.2) is 4.79 Å². The smallest absolute Gasteiger partial charge is 0.335 e. The zero-order valence-electron chi connectivity index (χ0n) is 47.1. The van der Waals surface area contributed by atoms with Crippen molar-refractivity contribution in [1.82, 2.24) is 0 Å².